The van der Waals surface area contributed by atoms with Crippen molar-refractivity contribution in [2.75, 3.05) is 24.3 Å². The first kappa shape index (κ1) is 28.3. The summed E-state index contributed by atoms with van der Waals surface area (Å²) >= 11 is 5.98. The van der Waals surface area contributed by atoms with Crippen LogP contribution in [0.25, 0.3) is 16.7 Å². The van der Waals surface area contributed by atoms with Crippen LogP contribution in [0.2, 0.25) is 5.02 Å². The fraction of sp³-hybridized carbons (Fsp3) is 0.290. The minimum absolute atomic E-state index is 0.0187. The Morgan fingerprint density at radius 3 is 2.76 bits per heavy atom. The lowest BCUT2D eigenvalue weighted by atomic mass is 9.92. The number of pyridine rings is 1. The summed E-state index contributed by atoms with van der Waals surface area (Å²) < 4.78 is 19.4. The number of ether oxygens (including phenoxy) is 1. The number of halogens is 2. The lowest BCUT2D eigenvalue weighted by Gasteiger charge is -2.34. The van der Waals surface area contributed by atoms with Gasteiger partial charge in [0.2, 0.25) is 11.8 Å². The number of anilines is 2. The lowest BCUT2D eigenvalue weighted by molar-refractivity contribution is -0.129. The monoisotopic (exact) mass is 576 g/mol. The Labute approximate surface area is 242 Å². The summed E-state index contributed by atoms with van der Waals surface area (Å²) in [4.78, 5) is 44.8. The minimum Gasteiger partial charge on any atom is -0.453 e. The number of carbonyl (C=O) groups is 3. The highest BCUT2D eigenvalue weighted by Crippen LogP contribution is 2.37. The van der Waals surface area contributed by atoms with E-state index in [1.807, 2.05) is 25.1 Å². The van der Waals surface area contributed by atoms with E-state index in [0.717, 1.165) is 16.8 Å². The van der Waals surface area contributed by atoms with Gasteiger partial charge in [-0.25, -0.2) is 9.18 Å². The predicted octanol–water partition coefficient (Wildman–Crippen LogP) is 6.83. The number of hydrogen-bond donors (Lipinski definition) is 2. The van der Waals surface area contributed by atoms with Gasteiger partial charge in [-0.15, -0.1) is 0 Å². The maximum Gasteiger partial charge on any atom is 0.411 e. The van der Waals surface area contributed by atoms with Crippen molar-refractivity contribution in [2.45, 2.75) is 38.6 Å². The molecule has 2 aliphatic heterocycles. The molecular weight excluding hydrogens is 547 g/mol. The number of nitrogens with zero attached hydrogens (tertiary/aromatic N) is 2. The average Bonchev–Trinajstić information content (AvgIpc) is 2.96. The normalized spacial score (nSPS) is 19.2. The number of hydrogen-bond acceptors (Lipinski definition) is 5. The van der Waals surface area contributed by atoms with Crippen LogP contribution in [-0.4, -0.2) is 41.4 Å². The molecule has 0 aliphatic carbocycles. The zero-order chi connectivity index (χ0) is 29.1. The molecule has 41 heavy (non-hydrogen) atoms. The van der Waals surface area contributed by atoms with E-state index in [4.69, 9.17) is 16.3 Å². The van der Waals surface area contributed by atoms with Crippen LogP contribution in [0.5, 0.6) is 0 Å². The van der Waals surface area contributed by atoms with E-state index in [9.17, 15) is 18.8 Å². The molecule has 0 spiro atoms. The maximum absolute atomic E-state index is 14.7. The molecule has 2 atom stereocenters. The molecule has 0 saturated heterocycles. The summed E-state index contributed by atoms with van der Waals surface area (Å²) in [6, 6.07) is 13.5. The Hall–Kier alpha value is -4.24. The summed E-state index contributed by atoms with van der Waals surface area (Å²) in [5.74, 6) is -1.18. The van der Waals surface area contributed by atoms with Crippen LogP contribution < -0.4 is 10.6 Å². The van der Waals surface area contributed by atoms with Gasteiger partial charge in [0.1, 0.15) is 5.82 Å². The summed E-state index contributed by atoms with van der Waals surface area (Å²) in [7, 11) is 1.28. The van der Waals surface area contributed by atoms with Crippen molar-refractivity contribution in [2.24, 2.45) is 5.92 Å². The van der Waals surface area contributed by atoms with E-state index in [1.165, 1.54) is 19.3 Å². The average molecular weight is 577 g/mol. The molecule has 2 aromatic carbocycles. The van der Waals surface area contributed by atoms with Crippen molar-refractivity contribution in [3.63, 3.8) is 0 Å². The summed E-state index contributed by atoms with van der Waals surface area (Å²) in [6.45, 7) is 2.26. The molecular formula is C31H30ClFN4O4. The third-order valence-electron chi connectivity index (χ3n) is 7.58. The molecule has 10 heteroatoms. The molecule has 2 unspecified atom stereocenters. The van der Waals surface area contributed by atoms with Gasteiger partial charge in [-0.2, -0.15) is 0 Å². The zero-order valence-electron chi connectivity index (χ0n) is 22.7. The molecule has 0 fully saturated rings. The second-order valence-electron chi connectivity index (χ2n) is 10.2. The number of rotatable bonds is 3. The summed E-state index contributed by atoms with van der Waals surface area (Å²) in [5.41, 5.74) is 4.22. The van der Waals surface area contributed by atoms with Crippen LogP contribution in [-0.2, 0) is 14.3 Å². The van der Waals surface area contributed by atoms with E-state index < -0.39 is 11.9 Å². The largest absolute Gasteiger partial charge is 0.453 e. The fourth-order valence-electron chi connectivity index (χ4n) is 5.34. The van der Waals surface area contributed by atoms with Crippen molar-refractivity contribution >= 4 is 46.5 Å². The first-order valence-electron chi connectivity index (χ1n) is 13.5. The van der Waals surface area contributed by atoms with Crippen molar-refractivity contribution in [1.29, 1.82) is 0 Å². The first-order valence-corrected chi connectivity index (χ1v) is 13.8. The molecule has 1 aromatic heterocycles. The molecule has 3 amide bonds. The topological polar surface area (TPSA) is 101 Å². The minimum atomic E-state index is -0.617. The highest BCUT2D eigenvalue weighted by Gasteiger charge is 2.30. The molecule has 0 radical (unpaired) electrons. The Bertz CT molecular complexity index is 1540. The van der Waals surface area contributed by atoms with Gasteiger partial charge in [0.25, 0.3) is 0 Å². The van der Waals surface area contributed by atoms with Crippen molar-refractivity contribution in [3.05, 3.63) is 82.9 Å². The van der Waals surface area contributed by atoms with Gasteiger partial charge >= 0.3 is 6.09 Å². The highest BCUT2D eigenvalue weighted by atomic mass is 35.5. The number of carbonyl (C=O) groups excluding carboxylic acids is 3. The number of aromatic nitrogens is 1. The third-order valence-corrected chi connectivity index (χ3v) is 7.87. The molecule has 5 rings (SSSR count). The van der Waals surface area contributed by atoms with E-state index >= 15 is 0 Å². The highest BCUT2D eigenvalue weighted by molar-refractivity contribution is 6.31. The van der Waals surface area contributed by atoms with Crippen LogP contribution in [0.4, 0.5) is 20.6 Å². The number of amides is 3. The molecule has 212 valence electrons. The van der Waals surface area contributed by atoms with Gasteiger partial charge in [-0.1, -0.05) is 43.1 Å². The van der Waals surface area contributed by atoms with Crippen molar-refractivity contribution < 1.29 is 23.5 Å². The standard InChI is InChI=1S/C31H30ClFN4O4/c1-18-5-3-8-27(37-14-12-20(16-28(37)38)23-6-4-7-24(32)29(23)33)26-15-19(11-13-34-26)22-10-9-21(35-31(40)41-2)17-25(22)36-30(18)39/h4,6-7,9-11,13,15-18,27H,3,5,8,12,14H2,1-2H3,(H,35,40)(H,36,39). The predicted molar refractivity (Wildman–Crippen MR) is 156 cm³/mol. The van der Waals surface area contributed by atoms with Crippen molar-refractivity contribution in [3.8, 4) is 11.1 Å². The Balaban J connectivity index is 1.51. The second-order valence-corrected chi connectivity index (χ2v) is 10.6. The van der Waals surface area contributed by atoms with Crippen LogP contribution in [0.3, 0.4) is 0 Å². The molecule has 2 N–H and O–H groups in total. The van der Waals surface area contributed by atoms with Gasteiger partial charge in [0.15, 0.2) is 0 Å². The Morgan fingerprint density at radius 2 is 1.98 bits per heavy atom. The van der Waals surface area contributed by atoms with Crippen molar-refractivity contribution in [1.82, 2.24) is 9.88 Å². The number of methoxy groups -OCH3 is 1. The van der Waals surface area contributed by atoms with E-state index in [-0.39, 0.29) is 28.8 Å². The Kier molecular flexibility index (Phi) is 8.35. The first-order chi connectivity index (χ1) is 19.7. The van der Waals surface area contributed by atoms with Gasteiger partial charge in [-0.05, 0) is 60.7 Å². The molecule has 2 bridgehead atoms. The number of benzene rings is 2. The van der Waals surface area contributed by atoms with E-state index in [1.54, 1.807) is 35.4 Å². The molecule has 2 aliphatic rings. The van der Waals surface area contributed by atoms with Gasteiger partial charge in [0.05, 0.1) is 29.6 Å². The van der Waals surface area contributed by atoms with Gasteiger partial charge in [0, 0.05) is 41.5 Å². The number of nitrogens with one attached hydrogen (secondary N) is 2. The van der Waals surface area contributed by atoms with Gasteiger partial charge < -0.3 is 15.0 Å². The van der Waals surface area contributed by atoms with E-state index in [0.29, 0.717) is 54.7 Å². The molecule has 0 saturated carbocycles. The Morgan fingerprint density at radius 1 is 1.15 bits per heavy atom. The van der Waals surface area contributed by atoms with Crippen LogP contribution >= 0.6 is 11.6 Å². The number of fused-ring (bicyclic) bond motifs is 4. The van der Waals surface area contributed by atoms with Crippen LogP contribution in [0.1, 0.15) is 49.9 Å². The maximum atomic E-state index is 14.7. The molecule has 3 heterocycles. The second kappa shape index (κ2) is 12.1. The van der Waals surface area contributed by atoms with Gasteiger partial charge in [-0.3, -0.25) is 19.9 Å². The fourth-order valence-corrected chi connectivity index (χ4v) is 5.52. The summed E-state index contributed by atoms with van der Waals surface area (Å²) in [5, 5.41) is 5.67. The third kappa shape index (κ3) is 6.10. The van der Waals surface area contributed by atoms with E-state index in [2.05, 4.69) is 15.6 Å². The lowest BCUT2D eigenvalue weighted by Crippen LogP contribution is -2.38. The molecule has 8 nitrogen and oxygen atoms in total. The van der Waals surface area contributed by atoms with Crippen LogP contribution in [0.15, 0.2) is 60.8 Å². The quantitative estimate of drug-likeness (QED) is 0.356. The SMILES string of the molecule is COC(=O)Nc1ccc2c(c1)NC(=O)C(C)CCCC(N1CCC(c3cccc(Cl)c3F)=CC1=O)c1cc-2ccn1. The zero-order valence-corrected chi connectivity index (χ0v) is 23.5. The molecule has 3 aromatic rings. The smallest absolute Gasteiger partial charge is 0.411 e. The summed E-state index contributed by atoms with van der Waals surface area (Å²) in [6.07, 6.45) is 4.93. The van der Waals surface area contributed by atoms with Crippen LogP contribution in [0, 0.1) is 11.7 Å².